The first-order chi connectivity index (χ1) is 15.4. The van der Waals surface area contributed by atoms with E-state index in [9.17, 15) is 13.2 Å². The number of nitrogens with zero attached hydrogens (tertiary/aromatic N) is 2. The molecule has 9 heteroatoms. The summed E-state index contributed by atoms with van der Waals surface area (Å²) in [5.41, 5.74) is 3.76. The Balaban J connectivity index is 1.74. The van der Waals surface area contributed by atoms with E-state index in [0.29, 0.717) is 22.0 Å². The molecule has 0 aliphatic carbocycles. The fourth-order valence-corrected chi connectivity index (χ4v) is 4.84. The number of amides is 1. The second-order valence-corrected chi connectivity index (χ2v) is 9.57. The van der Waals surface area contributed by atoms with Crippen LogP contribution in [0.25, 0.3) is 0 Å². The molecular weight excluding hydrogens is 469 g/mol. The molecule has 166 valence electrons. The molecule has 0 aliphatic rings. The first-order valence-electron chi connectivity index (χ1n) is 9.73. The van der Waals surface area contributed by atoms with Crippen LogP contribution >= 0.6 is 23.2 Å². The summed E-state index contributed by atoms with van der Waals surface area (Å²) in [6, 6.07) is 22.5. The number of carbonyl (C=O) groups excluding carboxylic acids is 1. The van der Waals surface area contributed by atoms with Crippen molar-refractivity contribution in [2.75, 3.05) is 13.1 Å². The Morgan fingerprint density at radius 1 is 0.906 bits per heavy atom. The molecule has 0 saturated heterocycles. The van der Waals surface area contributed by atoms with Crippen molar-refractivity contribution < 1.29 is 13.2 Å². The third-order valence-corrected chi connectivity index (χ3v) is 7.09. The van der Waals surface area contributed by atoms with Gasteiger partial charge in [-0.1, -0.05) is 77.8 Å². The van der Waals surface area contributed by atoms with E-state index < -0.39 is 22.5 Å². The van der Waals surface area contributed by atoms with E-state index in [1.807, 2.05) is 30.3 Å². The van der Waals surface area contributed by atoms with Crippen molar-refractivity contribution in [1.82, 2.24) is 9.73 Å². The van der Waals surface area contributed by atoms with Crippen molar-refractivity contribution in [2.24, 2.45) is 5.10 Å². The van der Waals surface area contributed by atoms with Crippen LogP contribution in [0.15, 0.2) is 88.9 Å². The zero-order chi connectivity index (χ0) is 23.0. The van der Waals surface area contributed by atoms with Crippen LogP contribution in [0.4, 0.5) is 0 Å². The van der Waals surface area contributed by atoms with Gasteiger partial charge in [0.1, 0.15) is 0 Å². The summed E-state index contributed by atoms with van der Waals surface area (Å²) in [5, 5.41) is 4.64. The predicted octanol–water partition coefficient (Wildman–Crippen LogP) is 4.38. The summed E-state index contributed by atoms with van der Waals surface area (Å²) < 4.78 is 27.4. The Bertz CT molecular complexity index is 1170. The minimum atomic E-state index is -3.88. The van der Waals surface area contributed by atoms with E-state index in [1.165, 1.54) is 18.3 Å². The van der Waals surface area contributed by atoms with Crippen LogP contribution in [0.3, 0.4) is 0 Å². The van der Waals surface area contributed by atoms with Gasteiger partial charge < -0.3 is 0 Å². The maximum atomic E-state index is 13.1. The summed E-state index contributed by atoms with van der Waals surface area (Å²) >= 11 is 12.2. The van der Waals surface area contributed by atoms with Crippen LogP contribution in [0.1, 0.15) is 11.1 Å². The molecule has 0 saturated carbocycles. The van der Waals surface area contributed by atoms with Gasteiger partial charge in [0.25, 0.3) is 5.91 Å². The highest BCUT2D eigenvalue weighted by Gasteiger charge is 2.26. The maximum Gasteiger partial charge on any atom is 0.255 e. The molecule has 3 rings (SSSR count). The second kappa shape index (κ2) is 11.2. The lowest BCUT2D eigenvalue weighted by Gasteiger charge is -2.21. The molecule has 0 fully saturated rings. The summed E-state index contributed by atoms with van der Waals surface area (Å²) in [5.74, 6) is -0.586. The minimum absolute atomic E-state index is 0.118. The number of sulfonamides is 1. The smallest absolute Gasteiger partial charge is 0.255 e. The third-order valence-electron chi connectivity index (χ3n) is 4.58. The Kier molecular flexibility index (Phi) is 8.41. The van der Waals surface area contributed by atoms with E-state index in [-0.39, 0.29) is 11.4 Å². The number of hydrogen-bond acceptors (Lipinski definition) is 4. The Labute approximate surface area is 197 Å². The molecular formula is C23H21Cl2N3O3S. The van der Waals surface area contributed by atoms with Gasteiger partial charge in [0.2, 0.25) is 10.0 Å². The fraction of sp³-hybridized carbons (Fsp3) is 0.130. The molecule has 32 heavy (non-hydrogen) atoms. The van der Waals surface area contributed by atoms with Gasteiger partial charge in [0, 0.05) is 12.1 Å². The largest absolute Gasteiger partial charge is 0.272 e. The molecule has 0 aromatic heterocycles. The van der Waals surface area contributed by atoms with E-state index in [2.05, 4.69) is 10.5 Å². The number of halogens is 2. The average molecular weight is 490 g/mol. The van der Waals surface area contributed by atoms with E-state index in [1.54, 1.807) is 36.4 Å². The average Bonchev–Trinajstić information content (AvgIpc) is 2.79. The van der Waals surface area contributed by atoms with Gasteiger partial charge >= 0.3 is 0 Å². The van der Waals surface area contributed by atoms with Gasteiger partial charge in [0.15, 0.2) is 0 Å². The zero-order valence-electron chi connectivity index (χ0n) is 17.0. The monoisotopic (exact) mass is 489 g/mol. The topological polar surface area (TPSA) is 78.8 Å². The number of benzene rings is 3. The molecule has 3 aromatic rings. The van der Waals surface area contributed by atoms with Crippen molar-refractivity contribution in [3.63, 3.8) is 0 Å². The summed E-state index contributed by atoms with van der Waals surface area (Å²) in [7, 11) is -3.88. The van der Waals surface area contributed by atoms with Gasteiger partial charge in [-0.15, -0.1) is 0 Å². The molecule has 0 unspecified atom stereocenters. The lowest BCUT2D eigenvalue weighted by molar-refractivity contribution is -0.121. The van der Waals surface area contributed by atoms with Crippen LogP contribution in [-0.2, 0) is 21.2 Å². The lowest BCUT2D eigenvalue weighted by atomic mass is 10.1. The van der Waals surface area contributed by atoms with E-state index in [4.69, 9.17) is 23.2 Å². The van der Waals surface area contributed by atoms with Gasteiger partial charge in [0.05, 0.1) is 27.7 Å². The van der Waals surface area contributed by atoms with Crippen LogP contribution < -0.4 is 5.43 Å². The first-order valence-corrected chi connectivity index (χ1v) is 11.9. The van der Waals surface area contributed by atoms with Crippen LogP contribution in [0, 0.1) is 0 Å². The molecule has 0 atom stereocenters. The highest BCUT2D eigenvalue weighted by molar-refractivity contribution is 7.89. The van der Waals surface area contributed by atoms with Crippen molar-refractivity contribution in [1.29, 1.82) is 0 Å². The van der Waals surface area contributed by atoms with Crippen LogP contribution in [-0.4, -0.2) is 37.9 Å². The lowest BCUT2D eigenvalue weighted by Crippen LogP contribution is -2.40. The van der Waals surface area contributed by atoms with Gasteiger partial charge in [-0.05, 0) is 36.2 Å². The molecule has 0 radical (unpaired) electrons. The Morgan fingerprint density at radius 2 is 1.50 bits per heavy atom. The number of hydrazone groups is 1. The second-order valence-electron chi connectivity index (χ2n) is 6.82. The molecule has 3 aromatic carbocycles. The zero-order valence-corrected chi connectivity index (χ0v) is 19.3. The van der Waals surface area contributed by atoms with Crippen LogP contribution in [0.2, 0.25) is 10.0 Å². The van der Waals surface area contributed by atoms with Crippen LogP contribution in [0.5, 0.6) is 0 Å². The first kappa shape index (κ1) is 23.9. The van der Waals surface area contributed by atoms with Gasteiger partial charge in [-0.25, -0.2) is 13.8 Å². The maximum absolute atomic E-state index is 13.1. The number of hydrogen-bond donors (Lipinski definition) is 1. The SMILES string of the molecule is O=C(CN(CCc1ccccc1)S(=O)(=O)c1ccccc1)N/N=C\c1c(Cl)cccc1Cl. The van der Waals surface area contributed by atoms with Crippen molar-refractivity contribution in [3.8, 4) is 0 Å². The summed E-state index contributed by atoms with van der Waals surface area (Å²) in [6.45, 7) is -0.258. The van der Waals surface area contributed by atoms with Gasteiger partial charge in [-0.2, -0.15) is 9.41 Å². The van der Waals surface area contributed by atoms with Gasteiger partial charge in [-0.3, -0.25) is 4.79 Å². The van der Waals surface area contributed by atoms with Crippen molar-refractivity contribution >= 4 is 45.3 Å². The molecule has 0 bridgehead atoms. The Hall–Kier alpha value is -2.71. The molecule has 6 nitrogen and oxygen atoms in total. The molecule has 1 N–H and O–H groups in total. The predicted molar refractivity (Wildman–Crippen MR) is 128 cm³/mol. The number of carbonyl (C=O) groups is 1. The highest BCUT2D eigenvalue weighted by Crippen LogP contribution is 2.22. The molecule has 0 spiro atoms. The normalized spacial score (nSPS) is 11.7. The molecule has 1 amide bonds. The van der Waals surface area contributed by atoms with Crippen molar-refractivity contribution in [3.05, 3.63) is 100 Å². The molecule has 0 aliphatic heterocycles. The fourth-order valence-electron chi connectivity index (χ4n) is 2.92. The summed E-state index contributed by atoms with van der Waals surface area (Å²) in [4.78, 5) is 12.6. The highest BCUT2D eigenvalue weighted by atomic mass is 35.5. The van der Waals surface area contributed by atoms with Crippen molar-refractivity contribution in [2.45, 2.75) is 11.3 Å². The van der Waals surface area contributed by atoms with E-state index in [0.717, 1.165) is 9.87 Å². The quantitative estimate of drug-likeness (QED) is 0.357. The number of rotatable bonds is 9. The Morgan fingerprint density at radius 3 is 2.12 bits per heavy atom. The summed E-state index contributed by atoms with van der Waals surface area (Å²) in [6.07, 6.45) is 1.78. The van der Waals surface area contributed by atoms with E-state index >= 15 is 0 Å². The standard InChI is InChI=1S/C23H21Cl2N3O3S/c24-21-12-7-13-22(25)20(21)16-26-27-23(29)17-28(15-14-18-8-3-1-4-9-18)32(30,31)19-10-5-2-6-11-19/h1-13,16H,14-15,17H2,(H,27,29)/b26-16-. The third kappa shape index (κ3) is 6.40. The molecule has 0 heterocycles. The minimum Gasteiger partial charge on any atom is -0.272 e. The number of nitrogens with one attached hydrogen (secondary N) is 1.